The van der Waals surface area contributed by atoms with E-state index < -0.39 is 0 Å². The Bertz CT molecular complexity index is 462. The smallest absolute Gasteiger partial charge is 0.0695 e. The highest BCUT2D eigenvalue weighted by molar-refractivity contribution is 9.08. The number of hydrogen-bond donors (Lipinski definition) is 1. The number of rotatable bonds is 2. The zero-order valence-electron chi connectivity index (χ0n) is 7.88. The standard InChI is InChI=1S/C11H11BrOS/c1-7-2-8(5-13)11-10(3-7)9(4-12)6-14-11/h2-3,6,13H,4-5H2,1H3. The van der Waals surface area contributed by atoms with Gasteiger partial charge in [-0.1, -0.05) is 33.6 Å². The maximum absolute atomic E-state index is 9.24. The Morgan fingerprint density at radius 3 is 2.79 bits per heavy atom. The summed E-state index contributed by atoms with van der Waals surface area (Å²) in [5, 5.41) is 13.5. The molecule has 0 saturated carbocycles. The lowest BCUT2D eigenvalue weighted by atomic mass is 10.1. The van der Waals surface area contributed by atoms with Crippen molar-refractivity contribution in [3.05, 3.63) is 34.2 Å². The van der Waals surface area contributed by atoms with Crippen LogP contribution in [0.1, 0.15) is 16.7 Å². The Hall–Kier alpha value is -0.380. The minimum absolute atomic E-state index is 0.125. The maximum Gasteiger partial charge on any atom is 0.0695 e. The van der Waals surface area contributed by atoms with Gasteiger partial charge in [0.05, 0.1) is 6.61 Å². The molecular weight excluding hydrogens is 260 g/mol. The van der Waals surface area contributed by atoms with E-state index in [1.54, 1.807) is 11.3 Å². The molecule has 0 fully saturated rings. The summed E-state index contributed by atoms with van der Waals surface area (Å²) in [5.74, 6) is 0. The monoisotopic (exact) mass is 270 g/mol. The molecule has 0 aliphatic carbocycles. The van der Waals surface area contributed by atoms with Crippen LogP contribution in [-0.2, 0) is 11.9 Å². The lowest BCUT2D eigenvalue weighted by Gasteiger charge is -2.02. The van der Waals surface area contributed by atoms with Crippen molar-refractivity contribution < 1.29 is 5.11 Å². The van der Waals surface area contributed by atoms with E-state index in [0.717, 1.165) is 10.9 Å². The van der Waals surface area contributed by atoms with Crippen molar-refractivity contribution in [1.82, 2.24) is 0 Å². The van der Waals surface area contributed by atoms with Crippen LogP contribution in [0.2, 0.25) is 0 Å². The average molecular weight is 271 g/mol. The fourth-order valence-electron chi connectivity index (χ4n) is 1.64. The SMILES string of the molecule is Cc1cc(CO)c2scc(CBr)c2c1. The summed E-state index contributed by atoms with van der Waals surface area (Å²) in [6.45, 7) is 2.19. The van der Waals surface area contributed by atoms with Gasteiger partial charge in [0, 0.05) is 10.0 Å². The van der Waals surface area contributed by atoms with E-state index >= 15 is 0 Å². The van der Waals surface area contributed by atoms with Crippen LogP contribution in [0.3, 0.4) is 0 Å². The molecule has 0 aliphatic heterocycles. The summed E-state index contributed by atoms with van der Waals surface area (Å²) < 4.78 is 1.22. The van der Waals surface area contributed by atoms with E-state index in [9.17, 15) is 5.11 Å². The molecule has 1 aromatic heterocycles. The zero-order valence-corrected chi connectivity index (χ0v) is 10.3. The molecule has 1 heterocycles. The van der Waals surface area contributed by atoms with Crippen LogP contribution in [0.4, 0.5) is 0 Å². The Kier molecular flexibility index (Phi) is 2.91. The third kappa shape index (κ3) is 1.60. The summed E-state index contributed by atoms with van der Waals surface area (Å²) in [7, 11) is 0. The molecular formula is C11H11BrOS. The second-order valence-electron chi connectivity index (χ2n) is 3.35. The van der Waals surface area contributed by atoms with Gasteiger partial charge >= 0.3 is 0 Å². The summed E-state index contributed by atoms with van der Waals surface area (Å²) in [5.41, 5.74) is 3.56. The number of benzene rings is 1. The highest BCUT2D eigenvalue weighted by atomic mass is 79.9. The first-order valence-corrected chi connectivity index (χ1v) is 6.42. The van der Waals surface area contributed by atoms with E-state index in [4.69, 9.17) is 0 Å². The highest BCUT2D eigenvalue weighted by Gasteiger charge is 2.07. The minimum Gasteiger partial charge on any atom is -0.392 e. The molecule has 14 heavy (non-hydrogen) atoms. The molecule has 74 valence electrons. The Balaban J connectivity index is 2.76. The van der Waals surface area contributed by atoms with Crippen molar-refractivity contribution in [3.63, 3.8) is 0 Å². The van der Waals surface area contributed by atoms with Crippen LogP contribution in [0.25, 0.3) is 10.1 Å². The van der Waals surface area contributed by atoms with Crippen LogP contribution < -0.4 is 0 Å². The molecule has 1 N–H and O–H groups in total. The molecule has 0 radical (unpaired) electrons. The topological polar surface area (TPSA) is 20.2 Å². The number of fused-ring (bicyclic) bond motifs is 1. The maximum atomic E-state index is 9.24. The largest absolute Gasteiger partial charge is 0.392 e. The Labute approximate surface area is 95.5 Å². The highest BCUT2D eigenvalue weighted by Crippen LogP contribution is 2.31. The van der Waals surface area contributed by atoms with Gasteiger partial charge in [-0.05, 0) is 28.8 Å². The third-order valence-corrected chi connectivity index (χ3v) is 4.01. The summed E-state index contributed by atoms with van der Waals surface area (Å²) in [4.78, 5) is 0. The molecule has 0 aliphatic rings. The van der Waals surface area contributed by atoms with Crippen molar-refractivity contribution in [2.75, 3.05) is 0 Å². The normalized spacial score (nSPS) is 11.1. The van der Waals surface area contributed by atoms with Gasteiger partial charge in [-0.25, -0.2) is 0 Å². The lowest BCUT2D eigenvalue weighted by Crippen LogP contribution is -1.85. The molecule has 0 amide bonds. The molecule has 1 aromatic carbocycles. The molecule has 0 saturated heterocycles. The predicted octanol–water partition coefficient (Wildman–Crippen LogP) is 3.60. The van der Waals surface area contributed by atoms with Crippen molar-refractivity contribution in [1.29, 1.82) is 0 Å². The van der Waals surface area contributed by atoms with Gasteiger partial charge in [0.25, 0.3) is 0 Å². The van der Waals surface area contributed by atoms with Crippen LogP contribution in [0.5, 0.6) is 0 Å². The van der Waals surface area contributed by atoms with Gasteiger partial charge in [0.2, 0.25) is 0 Å². The molecule has 0 unspecified atom stereocenters. The number of aliphatic hydroxyl groups excluding tert-OH is 1. The fraction of sp³-hybridized carbons (Fsp3) is 0.273. The third-order valence-electron chi connectivity index (χ3n) is 2.29. The van der Waals surface area contributed by atoms with Gasteiger partial charge in [0.15, 0.2) is 0 Å². The van der Waals surface area contributed by atoms with E-state index in [1.165, 1.54) is 21.2 Å². The van der Waals surface area contributed by atoms with Crippen molar-refractivity contribution in [2.45, 2.75) is 18.9 Å². The molecule has 2 aromatic rings. The second-order valence-corrected chi connectivity index (χ2v) is 4.79. The van der Waals surface area contributed by atoms with E-state index in [0.29, 0.717) is 0 Å². The number of hydrogen-bond acceptors (Lipinski definition) is 2. The molecule has 0 bridgehead atoms. The van der Waals surface area contributed by atoms with Gasteiger partial charge in [-0.2, -0.15) is 0 Å². The van der Waals surface area contributed by atoms with Crippen molar-refractivity contribution in [2.24, 2.45) is 0 Å². The first-order valence-electron chi connectivity index (χ1n) is 4.42. The Morgan fingerprint density at radius 2 is 2.14 bits per heavy atom. The van der Waals surface area contributed by atoms with E-state index in [1.807, 2.05) is 0 Å². The first kappa shape index (κ1) is 10.1. The van der Waals surface area contributed by atoms with Crippen molar-refractivity contribution >= 4 is 37.4 Å². The average Bonchev–Trinajstić information content (AvgIpc) is 2.59. The Morgan fingerprint density at radius 1 is 1.36 bits per heavy atom. The molecule has 0 spiro atoms. The number of alkyl halides is 1. The summed E-state index contributed by atoms with van der Waals surface area (Å²) in [6, 6.07) is 4.23. The predicted molar refractivity (Wildman–Crippen MR) is 65.1 cm³/mol. The molecule has 3 heteroatoms. The minimum atomic E-state index is 0.125. The lowest BCUT2D eigenvalue weighted by molar-refractivity contribution is 0.283. The van der Waals surface area contributed by atoms with E-state index in [2.05, 4.69) is 40.4 Å². The van der Waals surface area contributed by atoms with E-state index in [-0.39, 0.29) is 6.61 Å². The number of aliphatic hydroxyl groups is 1. The molecule has 2 rings (SSSR count). The number of halogens is 1. The van der Waals surface area contributed by atoms with Gasteiger partial charge in [-0.3, -0.25) is 0 Å². The van der Waals surface area contributed by atoms with Crippen LogP contribution in [-0.4, -0.2) is 5.11 Å². The fourth-order valence-corrected chi connectivity index (χ4v) is 3.38. The quantitative estimate of drug-likeness (QED) is 0.827. The second kappa shape index (κ2) is 4.01. The zero-order chi connectivity index (χ0) is 10.1. The molecule has 1 nitrogen and oxygen atoms in total. The van der Waals surface area contributed by atoms with Gasteiger partial charge < -0.3 is 5.11 Å². The summed E-state index contributed by atoms with van der Waals surface area (Å²) >= 11 is 5.18. The van der Waals surface area contributed by atoms with Gasteiger partial charge in [-0.15, -0.1) is 11.3 Å². The molecule has 0 atom stereocenters. The first-order chi connectivity index (χ1) is 6.76. The van der Waals surface area contributed by atoms with Crippen LogP contribution >= 0.6 is 27.3 Å². The van der Waals surface area contributed by atoms with Crippen molar-refractivity contribution in [3.8, 4) is 0 Å². The summed E-state index contributed by atoms with van der Waals surface area (Å²) in [6.07, 6.45) is 0. The number of aryl methyl sites for hydroxylation is 1. The van der Waals surface area contributed by atoms with Crippen LogP contribution in [0, 0.1) is 6.92 Å². The van der Waals surface area contributed by atoms with Gasteiger partial charge in [0.1, 0.15) is 0 Å². The number of thiophene rings is 1. The van der Waals surface area contributed by atoms with Crippen LogP contribution in [0.15, 0.2) is 17.5 Å².